The Bertz CT molecular complexity index is 652. The summed E-state index contributed by atoms with van der Waals surface area (Å²) in [6, 6.07) is 16.2. The number of hydrazine groups is 1. The zero-order valence-electron chi connectivity index (χ0n) is 11.9. The van der Waals surface area contributed by atoms with Gasteiger partial charge in [-0.2, -0.15) is 5.43 Å². The zero-order valence-corrected chi connectivity index (χ0v) is 13.5. The Hall–Kier alpha value is -1.85. The van der Waals surface area contributed by atoms with E-state index in [1.807, 2.05) is 48.5 Å². The Morgan fingerprint density at radius 2 is 1.76 bits per heavy atom. The molecule has 3 rings (SSSR count). The molecule has 4 nitrogen and oxygen atoms in total. The summed E-state index contributed by atoms with van der Waals surface area (Å²) in [5.41, 5.74) is 6.55. The topological polar surface area (TPSA) is 36.9 Å². The summed E-state index contributed by atoms with van der Waals surface area (Å²) in [5.74, 6) is 0.755. The van der Waals surface area contributed by atoms with Crippen LogP contribution in [0.5, 0.6) is 0 Å². The highest BCUT2D eigenvalue weighted by Crippen LogP contribution is 2.21. The van der Waals surface area contributed by atoms with E-state index >= 15 is 0 Å². The highest BCUT2D eigenvalue weighted by Gasteiger charge is 2.23. The molecule has 2 aromatic rings. The quantitative estimate of drug-likeness (QED) is 0.903. The van der Waals surface area contributed by atoms with Crippen LogP contribution in [-0.4, -0.2) is 17.9 Å². The van der Waals surface area contributed by atoms with Gasteiger partial charge >= 0.3 is 0 Å². The number of nitrogens with one attached hydrogen (secondary N) is 1. The van der Waals surface area contributed by atoms with Crippen molar-refractivity contribution < 1.29 is 4.84 Å². The van der Waals surface area contributed by atoms with Crippen molar-refractivity contribution in [2.45, 2.75) is 13.2 Å². The van der Waals surface area contributed by atoms with Gasteiger partial charge in [-0.15, -0.1) is 0 Å². The molecule has 0 saturated heterocycles. The number of aryl methyl sites for hydroxylation is 1. The van der Waals surface area contributed by atoms with Gasteiger partial charge < -0.3 is 4.84 Å². The lowest BCUT2D eigenvalue weighted by atomic mass is 10.1. The number of amidine groups is 1. The van der Waals surface area contributed by atoms with E-state index < -0.39 is 0 Å². The van der Waals surface area contributed by atoms with Crippen LogP contribution in [-0.2, 0) is 4.84 Å². The maximum atomic E-state index is 5.60. The van der Waals surface area contributed by atoms with Crippen molar-refractivity contribution in [1.82, 2.24) is 10.4 Å². The minimum absolute atomic E-state index is 0.269. The predicted octanol–water partition coefficient (Wildman–Crippen LogP) is 3.58. The molecule has 1 N–H and O–H groups in total. The molecule has 2 aromatic carbocycles. The fourth-order valence-corrected chi connectivity index (χ4v) is 2.41. The van der Waals surface area contributed by atoms with E-state index in [4.69, 9.17) is 4.84 Å². The third-order valence-electron chi connectivity index (χ3n) is 3.36. The van der Waals surface area contributed by atoms with Crippen molar-refractivity contribution in [3.63, 3.8) is 0 Å². The minimum Gasteiger partial charge on any atom is -0.368 e. The van der Waals surface area contributed by atoms with Crippen LogP contribution in [0.4, 0.5) is 0 Å². The summed E-state index contributed by atoms with van der Waals surface area (Å²) in [4.78, 5) is 5.60. The van der Waals surface area contributed by atoms with Gasteiger partial charge in [-0.3, -0.25) is 5.01 Å². The molecular formula is C16H16BrN3O. The molecule has 0 amide bonds. The lowest BCUT2D eigenvalue weighted by Gasteiger charge is -2.31. The normalized spacial score (nSPS) is 18.1. The van der Waals surface area contributed by atoms with Crippen molar-refractivity contribution in [2.75, 3.05) is 7.05 Å². The highest BCUT2D eigenvalue weighted by atomic mass is 79.9. The van der Waals surface area contributed by atoms with Crippen LogP contribution in [0.1, 0.15) is 22.9 Å². The van der Waals surface area contributed by atoms with Gasteiger partial charge in [-0.1, -0.05) is 50.9 Å². The van der Waals surface area contributed by atoms with Crippen molar-refractivity contribution in [3.05, 3.63) is 69.7 Å². The fraction of sp³-hybridized carbons (Fsp3) is 0.188. The summed E-state index contributed by atoms with van der Waals surface area (Å²) in [7, 11) is 1.94. The van der Waals surface area contributed by atoms with Gasteiger partial charge in [0.05, 0.1) is 0 Å². The van der Waals surface area contributed by atoms with E-state index in [0.717, 1.165) is 21.4 Å². The first-order chi connectivity index (χ1) is 10.1. The monoisotopic (exact) mass is 345 g/mol. The summed E-state index contributed by atoms with van der Waals surface area (Å²) < 4.78 is 1.04. The number of oxime groups is 1. The van der Waals surface area contributed by atoms with Crippen LogP contribution in [0.3, 0.4) is 0 Å². The van der Waals surface area contributed by atoms with Crippen LogP contribution in [0.15, 0.2) is 58.2 Å². The molecule has 0 aliphatic carbocycles. The lowest BCUT2D eigenvalue weighted by Crippen LogP contribution is -2.46. The maximum absolute atomic E-state index is 5.60. The molecule has 1 unspecified atom stereocenters. The van der Waals surface area contributed by atoms with Crippen molar-refractivity contribution in [3.8, 4) is 0 Å². The Morgan fingerprint density at radius 1 is 1.10 bits per heavy atom. The number of hydrogen-bond acceptors (Lipinski definition) is 4. The molecule has 0 saturated carbocycles. The molecule has 0 bridgehead atoms. The smallest absolute Gasteiger partial charge is 0.220 e. The van der Waals surface area contributed by atoms with E-state index in [-0.39, 0.29) is 6.23 Å². The van der Waals surface area contributed by atoms with E-state index in [2.05, 4.69) is 45.6 Å². The second-order valence-corrected chi connectivity index (χ2v) is 5.92. The number of hydrogen-bond donors (Lipinski definition) is 1. The van der Waals surface area contributed by atoms with E-state index in [1.54, 1.807) is 0 Å². The lowest BCUT2D eigenvalue weighted by molar-refractivity contribution is -0.0237. The molecule has 1 aliphatic heterocycles. The molecule has 0 aromatic heterocycles. The second-order valence-electron chi connectivity index (χ2n) is 5.01. The maximum Gasteiger partial charge on any atom is 0.220 e. The van der Waals surface area contributed by atoms with Crippen LogP contribution >= 0.6 is 15.9 Å². The Balaban J connectivity index is 1.81. The van der Waals surface area contributed by atoms with Crippen molar-refractivity contribution in [1.29, 1.82) is 0 Å². The Kier molecular flexibility index (Phi) is 3.94. The third kappa shape index (κ3) is 3.09. The van der Waals surface area contributed by atoms with Crippen LogP contribution in [0.2, 0.25) is 0 Å². The molecule has 0 radical (unpaired) electrons. The molecule has 1 atom stereocenters. The van der Waals surface area contributed by atoms with Gasteiger partial charge in [0.2, 0.25) is 6.23 Å². The van der Waals surface area contributed by atoms with Crippen LogP contribution in [0.25, 0.3) is 0 Å². The van der Waals surface area contributed by atoms with Gasteiger partial charge in [0.15, 0.2) is 5.84 Å². The van der Waals surface area contributed by atoms with Gasteiger partial charge in [-0.05, 0) is 31.2 Å². The van der Waals surface area contributed by atoms with E-state index in [9.17, 15) is 0 Å². The van der Waals surface area contributed by atoms with Crippen molar-refractivity contribution >= 4 is 21.8 Å². The first-order valence-electron chi connectivity index (χ1n) is 6.70. The van der Waals surface area contributed by atoms with E-state index in [1.165, 1.54) is 5.56 Å². The molecular weight excluding hydrogens is 330 g/mol. The average Bonchev–Trinajstić information content (AvgIpc) is 2.49. The molecule has 5 heteroatoms. The highest BCUT2D eigenvalue weighted by molar-refractivity contribution is 9.10. The van der Waals surface area contributed by atoms with Crippen LogP contribution < -0.4 is 5.43 Å². The van der Waals surface area contributed by atoms with Crippen LogP contribution in [0, 0.1) is 6.92 Å². The van der Waals surface area contributed by atoms with Gasteiger partial charge in [0.1, 0.15) is 0 Å². The number of rotatable bonds is 2. The summed E-state index contributed by atoms with van der Waals surface area (Å²) >= 11 is 3.43. The zero-order chi connectivity index (χ0) is 14.8. The largest absolute Gasteiger partial charge is 0.368 e. The molecule has 1 aliphatic rings. The average molecular weight is 346 g/mol. The Morgan fingerprint density at radius 3 is 2.38 bits per heavy atom. The predicted molar refractivity (Wildman–Crippen MR) is 86.6 cm³/mol. The molecule has 1 heterocycles. The van der Waals surface area contributed by atoms with Crippen molar-refractivity contribution in [2.24, 2.45) is 5.16 Å². The first kappa shape index (κ1) is 14.1. The summed E-state index contributed by atoms with van der Waals surface area (Å²) in [6.45, 7) is 2.06. The molecule has 0 spiro atoms. The van der Waals surface area contributed by atoms with E-state index in [0.29, 0.717) is 0 Å². The first-order valence-corrected chi connectivity index (χ1v) is 7.49. The number of nitrogens with zero attached hydrogens (tertiary/aromatic N) is 2. The summed E-state index contributed by atoms with van der Waals surface area (Å²) in [5, 5.41) is 6.14. The Labute approximate surface area is 132 Å². The van der Waals surface area contributed by atoms with Gasteiger partial charge in [0.25, 0.3) is 0 Å². The second kappa shape index (κ2) is 5.87. The molecule has 108 valence electrons. The number of benzene rings is 2. The fourth-order valence-electron chi connectivity index (χ4n) is 2.15. The minimum atomic E-state index is -0.269. The standard InChI is InChI=1S/C16H16BrN3O/c1-11-3-5-13(6-4-11)16-18-20(2)15(19-21-16)12-7-9-14(17)10-8-12/h3-10,16,18H,1-2H3. The SMILES string of the molecule is Cc1ccc(C2NN(C)C(c3ccc(Br)cc3)=NO2)cc1. The van der Waals surface area contributed by atoms with Gasteiger partial charge in [0, 0.05) is 22.6 Å². The molecule has 21 heavy (non-hydrogen) atoms. The van der Waals surface area contributed by atoms with Gasteiger partial charge in [-0.25, -0.2) is 0 Å². The number of halogens is 1. The summed E-state index contributed by atoms with van der Waals surface area (Å²) in [6.07, 6.45) is -0.269. The third-order valence-corrected chi connectivity index (χ3v) is 3.88. The molecule has 0 fully saturated rings.